The van der Waals surface area contributed by atoms with Gasteiger partial charge in [0, 0.05) is 38.2 Å². The Bertz CT molecular complexity index is 730. The lowest BCUT2D eigenvalue weighted by molar-refractivity contribution is -0.132. The number of rotatable bonds is 4. The van der Waals surface area contributed by atoms with Crippen molar-refractivity contribution in [1.29, 1.82) is 0 Å². The SMILES string of the molecule is CCC(=O)N1CCN(S(=O)(=O)c2ccc(OC)c(C(C)(C)C)c2)CC1. The fourth-order valence-electron chi connectivity index (χ4n) is 2.98. The van der Waals surface area contributed by atoms with Crippen LogP contribution >= 0.6 is 0 Å². The molecule has 140 valence electrons. The second kappa shape index (κ2) is 7.33. The summed E-state index contributed by atoms with van der Waals surface area (Å²) < 4.78 is 32.8. The number of methoxy groups -OCH3 is 1. The fourth-order valence-corrected chi connectivity index (χ4v) is 4.43. The Kier molecular flexibility index (Phi) is 5.79. The first-order valence-electron chi connectivity index (χ1n) is 8.57. The third kappa shape index (κ3) is 4.15. The van der Waals surface area contributed by atoms with E-state index in [4.69, 9.17) is 4.74 Å². The van der Waals surface area contributed by atoms with Crippen LogP contribution in [0.2, 0.25) is 0 Å². The Morgan fingerprint density at radius 3 is 2.24 bits per heavy atom. The zero-order valence-electron chi connectivity index (χ0n) is 15.7. The Morgan fingerprint density at radius 1 is 1.16 bits per heavy atom. The van der Waals surface area contributed by atoms with Crippen molar-refractivity contribution in [3.63, 3.8) is 0 Å². The van der Waals surface area contributed by atoms with Gasteiger partial charge in [-0.3, -0.25) is 4.79 Å². The van der Waals surface area contributed by atoms with Gasteiger partial charge in [-0.1, -0.05) is 27.7 Å². The summed E-state index contributed by atoms with van der Waals surface area (Å²) in [6, 6.07) is 5.01. The summed E-state index contributed by atoms with van der Waals surface area (Å²) >= 11 is 0. The maximum atomic E-state index is 13.0. The molecule has 0 spiro atoms. The molecule has 1 heterocycles. The molecule has 6 nitrogen and oxygen atoms in total. The van der Waals surface area contributed by atoms with Gasteiger partial charge in [-0.25, -0.2) is 8.42 Å². The average molecular weight is 368 g/mol. The maximum Gasteiger partial charge on any atom is 0.243 e. The van der Waals surface area contributed by atoms with Crippen molar-refractivity contribution in [2.45, 2.75) is 44.4 Å². The molecule has 0 radical (unpaired) electrons. The summed E-state index contributed by atoms with van der Waals surface area (Å²) in [4.78, 5) is 13.8. The molecule has 0 aliphatic carbocycles. The topological polar surface area (TPSA) is 66.9 Å². The van der Waals surface area contributed by atoms with E-state index in [1.165, 1.54) is 4.31 Å². The highest BCUT2D eigenvalue weighted by atomic mass is 32.2. The van der Waals surface area contributed by atoms with Gasteiger partial charge in [0.25, 0.3) is 0 Å². The average Bonchev–Trinajstić information content (AvgIpc) is 2.59. The third-order valence-corrected chi connectivity index (χ3v) is 6.41. The van der Waals surface area contributed by atoms with Crippen LogP contribution in [0.25, 0.3) is 0 Å². The van der Waals surface area contributed by atoms with Crippen LogP contribution in [-0.4, -0.2) is 56.8 Å². The number of carbonyl (C=O) groups is 1. The Morgan fingerprint density at radius 2 is 1.76 bits per heavy atom. The molecule has 0 saturated carbocycles. The molecule has 7 heteroatoms. The molecule has 0 N–H and O–H groups in total. The lowest BCUT2D eigenvalue weighted by Gasteiger charge is -2.34. The van der Waals surface area contributed by atoms with Crippen LogP contribution < -0.4 is 4.74 Å². The Hall–Kier alpha value is -1.60. The van der Waals surface area contributed by atoms with E-state index in [-0.39, 0.29) is 16.2 Å². The first kappa shape index (κ1) is 19.7. The summed E-state index contributed by atoms with van der Waals surface area (Å²) in [5, 5.41) is 0. The van der Waals surface area contributed by atoms with E-state index < -0.39 is 10.0 Å². The second-order valence-corrected chi connectivity index (χ2v) is 9.19. The predicted octanol–water partition coefficient (Wildman–Crippen LogP) is 2.24. The highest BCUT2D eigenvalue weighted by Gasteiger charge is 2.31. The molecule has 1 aliphatic rings. The van der Waals surface area contributed by atoms with Crippen molar-refractivity contribution in [3.8, 4) is 5.75 Å². The molecule has 0 atom stereocenters. The lowest BCUT2D eigenvalue weighted by Crippen LogP contribution is -2.50. The largest absolute Gasteiger partial charge is 0.496 e. The lowest BCUT2D eigenvalue weighted by atomic mass is 9.86. The first-order chi connectivity index (χ1) is 11.6. The van der Waals surface area contributed by atoms with Crippen LogP contribution in [0.5, 0.6) is 5.75 Å². The highest BCUT2D eigenvalue weighted by molar-refractivity contribution is 7.89. The second-order valence-electron chi connectivity index (χ2n) is 7.25. The summed E-state index contributed by atoms with van der Waals surface area (Å²) in [6.07, 6.45) is 0.445. The summed E-state index contributed by atoms with van der Waals surface area (Å²) in [5.74, 6) is 0.751. The molecule has 2 rings (SSSR count). The number of nitrogens with zero attached hydrogens (tertiary/aromatic N) is 2. The van der Waals surface area contributed by atoms with E-state index in [0.29, 0.717) is 38.3 Å². The zero-order chi connectivity index (χ0) is 18.8. The van der Waals surface area contributed by atoms with Crippen molar-refractivity contribution in [3.05, 3.63) is 23.8 Å². The van der Waals surface area contributed by atoms with Crippen molar-refractivity contribution >= 4 is 15.9 Å². The van der Waals surface area contributed by atoms with Crippen molar-refractivity contribution in [2.24, 2.45) is 0 Å². The normalized spacial score (nSPS) is 16.8. The molecular weight excluding hydrogens is 340 g/mol. The number of ether oxygens (including phenoxy) is 1. The summed E-state index contributed by atoms with van der Waals surface area (Å²) in [5.41, 5.74) is 0.624. The smallest absolute Gasteiger partial charge is 0.243 e. The van der Waals surface area contributed by atoms with Crippen LogP contribution in [0.1, 0.15) is 39.7 Å². The summed E-state index contributed by atoms with van der Waals surface area (Å²) in [6.45, 7) is 9.41. The number of hydrogen-bond donors (Lipinski definition) is 0. The van der Waals surface area contributed by atoms with Gasteiger partial charge >= 0.3 is 0 Å². The van der Waals surface area contributed by atoms with Crippen molar-refractivity contribution in [1.82, 2.24) is 9.21 Å². The van der Waals surface area contributed by atoms with Gasteiger partial charge in [0.2, 0.25) is 15.9 Å². The molecule has 0 unspecified atom stereocenters. The molecule has 1 aromatic carbocycles. The van der Waals surface area contributed by atoms with Crippen LogP contribution in [0.15, 0.2) is 23.1 Å². The van der Waals surface area contributed by atoms with Gasteiger partial charge in [-0.15, -0.1) is 0 Å². The zero-order valence-corrected chi connectivity index (χ0v) is 16.5. The number of benzene rings is 1. The molecule has 1 fully saturated rings. The van der Waals surface area contributed by atoms with Crippen molar-refractivity contribution in [2.75, 3.05) is 33.3 Å². The molecule has 1 aromatic rings. The van der Waals surface area contributed by atoms with Crippen LogP contribution in [-0.2, 0) is 20.2 Å². The quantitative estimate of drug-likeness (QED) is 0.817. The van der Waals surface area contributed by atoms with Gasteiger partial charge in [0.15, 0.2) is 0 Å². The van der Waals surface area contributed by atoms with E-state index >= 15 is 0 Å². The number of sulfonamides is 1. The van der Waals surface area contributed by atoms with E-state index in [0.717, 1.165) is 5.56 Å². The predicted molar refractivity (Wildman–Crippen MR) is 97.3 cm³/mol. The Balaban J connectivity index is 2.28. The summed E-state index contributed by atoms with van der Waals surface area (Å²) in [7, 11) is -2.00. The van der Waals surface area contributed by atoms with Crippen LogP contribution in [0.3, 0.4) is 0 Å². The van der Waals surface area contributed by atoms with Gasteiger partial charge in [0.1, 0.15) is 5.75 Å². The number of hydrogen-bond acceptors (Lipinski definition) is 4. The maximum absolute atomic E-state index is 13.0. The minimum absolute atomic E-state index is 0.0662. The number of amides is 1. The Labute approximate surface area is 150 Å². The monoisotopic (exact) mass is 368 g/mol. The minimum Gasteiger partial charge on any atom is -0.496 e. The van der Waals surface area contributed by atoms with Gasteiger partial charge in [0.05, 0.1) is 12.0 Å². The molecule has 1 amide bonds. The first-order valence-corrected chi connectivity index (χ1v) is 10.0. The molecule has 25 heavy (non-hydrogen) atoms. The third-order valence-electron chi connectivity index (χ3n) is 4.51. The molecule has 1 saturated heterocycles. The molecular formula is C18H28N2O4S. The van der Waals surface area contributed by atoms with E-state index in [1.807, 2.05) is 27.7 Å². The minimum atomic E-state index is -3.59. The van der Waals surface area contributed by atoms with Gasteiger partial charge in [-0.2, -0.15) is 4.31 Å². The van der Waals surface area contributed by atoms with Gasteiger partial charge in [-0.05, 0) is 23.6 Å². The van der Waals surface area contributed by atoms with E-state index in [9.17, 15) is 13.2 Å². The standard InChI is InChI=1S/C18H28N2O4S/c1-6-17(21)19-9-11-20(12-10-19)25(22,23)14-7-8-16(24-5)15(13-14)18(2,3)4/h7-8,13H,6,9-12H2,1-5H3. The molecule has 0 bridgehead atoms. The number of piperazine rings is 1. The van der Waals surface area contributed by atoms with E-state index in [1.54, 1.807) is 30.2 Å². The van der Waals surface area contributed by atoms with Crippen LogP contribution in [0.4, 0.5) is 0 Å². The molecule has 1 aliphatic heterocycles. The number of carbonyl (C=O) groups excluding carboxylic acids is 1. The highest BCUT2D eigenvalue weighted by Crippen LogP contribution is 2.34. The fraction of sp³-hybridized carbons (Fsp3) is 0.611. The van der Waals surface area contributed by atoms with E-state index in [2.05, 4.69) is 0 Å². The van der Waals surface area contributed by atoms with Crippen LogP contribution in [0, 0.1) is 0 Å². The molecule has 0 aromatic heterocycles. The van der Waals surface area contributed by atoms with Gasteiger partial charge < -0.3 is 9.64 Å². The van der Waals surface area contributed by atoms with Crippen molar-refractivity contribution < 1.29 is 17.9 Å².